The zero-order chi connectivity index (χ0) is 13.2. The standard InChI is InChI=1S/C13H16O4/c1-5-17-13(16)12(15)10-8(3)6-7(2)9(4)11(10)14/h6,14H,5H2,1-4H3. The molecule has 0 fully saturated rings. The molecule has 1 rings (SSSR count). The fraction of sp³-hybridized carbons (Fsp3) is 0.385. The highest BCUT2D eigenvalue weighted by Gasteiger charge is 2.24. The van der Waals surface area contributed by atoms with Gasteiger partial charge in [0.2, 0.25) is 0 Å². The minimum absolute atomic E-state index is 0.0338. The van der Waals surface area contributed by atoms with Crippen LogP contribution in [0.25, 0.3) is 0 Å². The van der Waals surface area contributed by atoms with E-state index >= 15 is 0 Å². The van der Waals surface area contributed by atoms with Gasteiger partial charge in [0, 0.05) is 0 Å². The van der Waals surface area contributed by atoms with Crippen LogP contribution in [0.4, 0.5) is 0 Å². The summed E-state index contributed by atoms with van der Waals surface area (Å²) < 4.78 is 4.64. The zero-order valence-electron chi connectivity index (χ0n) is 10.5. The van der Waals surface area contributed by atoms with Gasteiger partial charge in [-0.1, -0.05) is 6.07 Å². The van der Waals surface area contributed by atoms with Crippen molar-refractivity contribution in [1.82, 2.24) is 0 Å². The van der Waals surface area contributed by atoms with E-state index in [1.807, 2.05) is 6.92 Å². The summed E-state index contributed by atoms with van der Waals surface area (Å²) in [5, 5.41) is 9.92. The Labute approximate surface area is 100 Å². The average molecular weight is 236 g/mol. The highest BCUT2D eigenvalue weighted by atomic mass is 16.5. The van der Waals surface area contributed by atoms with Crippen LogP contribution < -0.4 is 0 Å². The fourth-order valence-electron chi connectivity index (χ4n) is 1.65. The first-order valence-corrected chi connectivity index (χ1v) is 5.41. The third kappa shape index (κ3) is 2.46. The summed E-state index contributed by atoms with van der Waals surface area (Å²) in [5.74, 6) is -1.88. The number of hydrogen-bond donors (Lipinski definition) is 1. The number of aromatic hydroxyl groups is 1. The molecule has 1 N–H and O–H groups in total. The molecule has 17 heavy (non-hydrogen) atoms. The van der Waals surface area contributed by atoms with Gasteiger partial charge in [0.1, 0.15) is 5.75 Å². The number of ether oxygens (including phenoxy) is 1. The van der Waals surface area contributed by atoms with Crippen LogP contribution in [0.15, 0.2) is 6.07 Å². The SMILES string of the molecule is CCOC(=O)C(=O)c1c(C)cc(C)c(C)c1O. The molecule has 0 atom stereocenters. The number of esters is 1. The van der Waals surface area contributed by atoms with Crippen molar-refractivity contribution in [2.24, 2.45) is 0 Å². The molecule has 0 heterocycles. The van der Waals surface area contributed by atoms with Crippen molar-refractivity contribution in [3.63, 3.8) is 0 Å². The monoisotopic (exact) mass is 236 g/mol. The van der Waals surface area contributed by atoms with Crippen LogP contribution in [-0.2, 0) is 9.53 Å². The summed E-state index contributed by atoms with van der Waals surface area (Å²) in [5.41, 5.74) is 2.08. The quantitative estimate of drug-likeness (QED) is 0.495. The third-order valence-electron chi connectivity index (χ3n) is 2.70. The average Bonchev–Trinajstić information content (AvgIpc) is 2.26. The lowest BCUT2D eigenvalue weighted by Crippen LogP contribution is -2.19. The van der Waals surface area contributed by atoms with E-state index in [2.05, 4.69) is 4.74 Å². The molecule has 0 saturated heterocycles. The van der Waals surface area contributed by atoms with Gasteiger partial charge in [-0.2, -0.15) is 0 Å². The van der Waals surface area contributed by atoms with Crippen LogP contribution in [0, 0.1) is 20.8 Å². The first-order valence-electron chi connectivity index (χ1n) is 5.41. The molecular weight excluding hydrogens is 220 g/mol. The van der Waals surface area contributed by atoms with E-state index in [-0.39, 0.29) is 17.9 Å². The number of aryl methyl sites for hydroxylation is 2. The topological polar surface area (TPSA) is 63.6 Å². The van der Waals surface area contributed by atoms with Crippen LogP contribution >= 0.6 is 0 Å². The molecule has 0 spiro atoms. The Morgan fingerprint density at radius 2 is 1.82 bits per heavy atom. The Kier molecular flexibility index (Phi) is 3.89. The molecule has 0 saturated carbocycles. The Bertz CT molecular complexity index is 475. The smallest absolute Gasteiger partial charge is 0.379 e. The van der Waals surface area contributed by atoms with E-state index in [0.29, 0.717) is 11.1 Å². The van der Waals surface area contributed by atoms with Gasteiger partial charge < -0.3 is 9.84 Å². The second-order valence-corrected chi connectivity index (χ2v) is 3.91. The summed E-state index contributed by atoms with van der Waals surface area (Å²) >= 11 is 0. The van der Waals surface area contributed by atoms with Gasteiger partial charge in [-0.05, 0) is 44.4 Å². The van der Waals surface area contributed by atoms with Crippen LogP contribution in [0.1, 0.15) is 34.0 Å². The first kappa shape index (κ1) is 13.2. The second kappa shape index (κ2) is 4.99. The summed E-state index contributed by atoms with van der Waals surface area (Å²) in [7, 11) is 0. The van der Waals surface area contributed by atoms with Crippen LogP contribution in [0.3, 0.4) is 0 Å². The Balaban J connectivity index is 3.28. The number of phenolic OH excluding ortho intramolecular Hbond substituents is 1. The predicted molar refractivity (Wildman–Crippen MR) is 63.3 cm³/mol. The van der Waals surface area contributed by atoms with Gasteiger partial charge in [0.15, 0.2) is 0 Å². The molecule has 0 unspecified atom stereocenters. The van der Waals surface area contributed by atoms with Crippen LogP contribution in [0.2, 0.25) is 0 Å². The van der Waals surface area contributed by atoms with Crippen molar-refractivity contribution in [1.29, 1.82) is 0 Å². The molecule has 0 aliphatic heterocycles. The van der Waals surface area contributed by atoms with Gasteiger partial charge in [0.25, 0.3) is 5.78 Å². The van der Waals surface area contributed by atoms with E-state index in [0.717, 1.165) is 5.56 Å². The maximum Gasteiger partial charge on any atom is 0.379 e. The van der Waals surface area contributed by atoms with Crippen molar-refractivity contribution in [2.45, 2.75) is 27.7 Å². The Morgan fingerprint density at radius 1 is 1.24 bits per heavy atom. The second-order valence-electron chi connectivity index (χ2n) is 3.91. The van der Waals surface area contributed by atoms with Gasteiger partial charge in [-0.15, -0.1) is 0 Å². The highest BCUT2D eigenvalue weighted by Crippen LogP contribution is 2.28. The lowest BCUT2D eigenvalue weighted by atomic mass is 9.96. The molecule has 0 aliphatic rings. The lowest BCUT2D eigenvalue weighted by Gasteiger charge is -2.11. The molecule has 0 aromatic heterocycles. The largest absolute Gasteiger partial charge is 0.507 e. The number of benzene rings is 1. The molecule has 4 nitrogen and oxygen atoms in total. The number of ketones is 1. The van der Waals surface area contributed by atoms with Gasteiger partial charge in [-0.3, -0.25) is 4.79 Å². The molecular formula is C13H16O4. The predicted octanol–water partition coefficient (Wildman–Crippen LogP) is 2.06. The summed E-state index contributed by atoms with van der Waals surface area (Å²) in [4.78, 5) is 23.2. The van der Waals surface area contributed by atoms with Crippen molar-refractivity contribution in [2.75, 3.05) is 6.61 Å². The zero-order valence-corrected chi connectivity index (χ0v) is 10.5. The fourth-order valence-corrected chi connectivity index (χ4v) is 1.65. The van der Waals surface area contributed by atoms with Crippen molar-refractivity contribution >= 4 is 11.8 Å². The van der Waals surface area contributed by atoms with Gasteiger partial charge in [-0.25, -0.2) is 4.79 Å². The van der Waals surface area contributed by atoms with Gasteiger partial charge >= 0.3 is 5.97 Å². The minimum atomic E-state index is -0.936. The molecule has 0 radical (unpaired) electrons. The first-order chi connectivity index (χ1) is 7.90. The molecule has 0 aliphatic carbocycles. The Morgan fingerprint density at radius 3 is 2.35 bits per heavy atom. The molecule has 1 aromatic carbocycles. The van der Waals surface area contributed by atoms with E-state index in [1.54, 1.807) is 26.8 Å². The summed E-state index contributed by atoms with van der Waals surface area (Å²) in [6.07, 6.45) is 0. The maximum absolute atomic E-state index is 11.8. The molecule has 1 aromatic rings. The molecule has 0 amide bonds. The molecule has 0 bridgehead atoms. The Hall–Kier alpha value is -1.84. The minimum Gasteiger partial charge on any atom is -0.507 e. The van der Waals surface area contributed by atoms with E-state index in [9.17, 15) is 14.7 Å². The summed E-state index contributed by atoms with van der Waals surface area (Å²) in [6, 6.07) is 1.77. The number of Topliss-reactive ketones (excluding diaryl/α,β-unsaturated/α-hetero) is 1. The van der Waals surface area contributed by atoms with Crippen molar-refractivity contribution in [3.05, 3.63) is 28.3 Å². The highest BCUT2D eigenvalue weighted by molar-refractivity contribution is 6.41. The number of phenols is 1. The normalized spacial score (nSPS) is 10.1. The van der Waals surface area contributed by atoms with Crippen molar-refractivity contribution < 1.29 is 19.4 Å². The van der Waals surface area contributed by atoms with E-state index < -0.39 is 11.8 Å². The third-order valence-corrected chi connectivity index (χ3v) is 2.70. The van der Waals surface area contributed by atoms with E-state index in [4.69, 9.17) is 0 Å². The molecule has 92 valence electrons. The molecule has 4 heteroatoms. The van der Waals surface area contributed by atoms with Crippen LogP contribution in [-0.4, -0.2) is 23.5 Å². The van der Waals surface area contributed by atoms with Crippen LogP contribution in [0.5, 0.6) is 5.75 Å². The lowest BCUT2D eigenvalue weighted by molar-refractivity contribution is -0.137. The number of carbonyl (C=O) groups is 2. The van der Waals surface area contributed by atoms with Crippen molar-refractivity contribution in [3.8, 4) is 5.75 Å². The summed E-state index contributed by atoms with van der Waals surface area (Å²) in [6.45, 7) is 6.97. The number of carbonyl (C=O) groups excluding carboxylic acids is 2. The van der Waals surface area contributed by atoms with Gasteiger partial charge in [0.05, 0.1) is 12.2 Å². The number of rotatable bonds is 3. The maximum atomic E-state index is 11.8. The van der Waals surface area contributed by atoms with E-state index in [1.165, 1.54) is 0 Å². The number of hydrogen-bond acceptors (Lipinski definition) is 4.